The van der Waals surface area contributed by atoms with Gasteiger partial charge >= 0.3 is 0 Å². The molecule has 0 saturated heterocycles. The molecule has 2 aliphatic rings. The van der Waals surface area contributed by atoms with Crippen molar-refractivity contribution in [1.29, 1.82) is 0 Å². The molecule has 2 aromatic rings. The van der Waals surface area contributed by atoms with E-state index in [4.69, 9.17) is 0 Å². The van der Waals surface area contributed by atoms with Gasteiger partial charge in [-0.3, -0.25) is 4.79 Å². The maximum absolute atomic E-state index is 12.5. The highest BCUT2D eigenvalue weighted by molar-refractivity contribution is 9.10. The molecule has 1 aromatic carbocycles. The molecule has 0 fully saturated rings. The van der Waals surface area contributed by atoms with Gasteiger partial charge in [0.15, 0.2) is 0 Å². The van der Waals surface area contributed by atoms with Crippen LogP contribution in [0.5, 0.6) is 0 Å². The van der Waals surface area contributed by atoms with Crippen molar-refractivity contribution in [3.8, 4) is 0 Å². The highest BCUT2D eigenvalue weighted by atomic mass is 79.9. The lowest BCUT2D eigenvalue weighted by atomic mass is 9.95. The van der Waals surface area contributed by atoms with Gasteiger partial charge in [-0.05, 0) is 60.6 Å². The summed E-state index contributed by atoms with van der Waals surface area (Å²) in [5, 5.41) is 3.04. The van der Waals surface area contributed by atoms with E-state index in [-0.39, 0.29) is 5.91 Å². The highest BCUT2D eigenvalue weighted by Gasteiger charge is 2.24. The van der Waals surface area contributed by atoms with Crippen LogP contribution in [0.25, 0.3) is 6.08 Å². The lowest BCUT2D eigenvalue weighted by molar-refractivity contribution is -0.116. The van der Waals surface area contributed by atoms with Gasteiger partial charge in [0.05, 0.1) is 4.91 Å². The lowest BCUT2D eigenvalue weighted by Gasteiger charge is -2.16. The number of hydrogen-bond donors (Lipinski definition) is 1. The van der Waals surface area contributed by atoms with Gasteiger partial charge in [-0.1, -0.05) is 28.1 Å². The smallest absolute Gasteiger partial charge is 0.258 e. The first-order chi connectivity index (χ1) is 11.7. The molecule has 0 unspecified atom stereocenters. The first-order valence-corrected chi connectivity index (χ1v) is 10.8. The van der Waals surface area contributed by atoms with E-state index in [2.05, 4.69) is 27.3 Å². The fourth-order valence-electron chi connectivity index (χ4n) is 3.29. The maximum atomic E-state index is 12.5. The molecule has 1 aromatic heterocycles. The Balaban J connectivity index is 1.48. The van der Waals surface area contributed by atoms with Crippen LogP contribution in [0.4, 0.5) is 0 Å². The second-order valence-corrected chi connectivity index (χ2v) is 9.23. The number of hydrogen-bond acceptors (Lipinski definition) is 3. The van der Waals surface area contributed by atoms with Gasteiger partial charge in [0.1, 0.15) is 0 Å². The summed E-state index contributed by atoms with van der Waals surface area (Å²) in [6, 6.07) is 8.04. The molecule has 5 heteroatoms. The fourth-order valence-corrected chi connectivity index (χ4v) is 6.29. The Kier molecular flexibility index (Phi) is 4.83. The number of rotatable bonds is 3. The molecule has 1 aliphatic carbocycles. The molecule has 0 bridgehead atoms. The van der Waals surface area contributed by atoms with Crippen molar-refractivity contribution in [2.45, 2.75) is 38.0 Å². The maximum Gasteiger partial charge on any atom is 0.258 e. The van der Waals surface area contributed by atoms with Crippen molar-refractivity contribution in [3.63, 3.8) is 0 Å². The summed E-state index contributed by atoms with van der Waals surface area (Å²) in [7, 11) is 0. The van der Waals surface area contributed by atoms with Gasteiger partial charge in [0.2, 0.25) is 0 Å². The summed E-state index contributed by atoms with van der Waals surface area (Å²) >= 11 is 7.04. The molecular formula is C19H18BrNOS2. The zero-order chi connectivity index (χ0) is 16.5. The van der Waals surface area contributed by atoms with Crippen molar-refractivity contribution in [3.05, 3.63) is 60.1 Å². The van der Waals surface area contributed by atoms with Gasteiger partial charge in [0, 0.05) is 26.5 Å². The Labute approximate surface area is 158 Å². The van der Waals surface area contributed by atoms with Gasteiger partial charge in [-0.25, -0.2) is 0 Å². The summed E-state index contributed by atoms with van der Waals surface area (Å²) < 4.78 is 1.04. The minimum Gasteiger partial charge on any atom is -0.348 e. The third-order valence-corrected chi connectivity index (χ3v) is 7.33. The van der Waals surface area contributed by atoms with Crippen LogP contribution in [0, 0.1) is 0 Å². The molecule has 1 aliphatic heterocycles. The summed E-state index contributed by atoms with van der Waals surface area (Å²) in [6.07, 6.45) is 7.16. The highest BCUT2D eigenvalue weighted by Crippen LogP contribution is 2.42. The van der Waals surface area contributed by atoms with Crippen molar-refractivity contribution in [2.24, 2.45) is 0 Å². The zero-order valence-corrected chi connectivity index (χ0v) is 16.5. The lowest BCUT2D eigenvalue weighted by Crippen LogP contribution is -2.24. The predicted octanol–water partition coefficient (Wildman–Crippen LogP) is 5.29. The van der Waals surface area contributed by atoms with Gasteiger partial charge < -0.3 is 5.32 Å². The number of fused-ring (bicyclic) bond motifs is 3. The predicted molar refractivity (Wildman–Crippen MR) is 106 cm³/mol. The largest absolute Gasteiger partial charge is 0.348 e. The Morgan fingerprint density at radius 2 is 2.08 bits per heavy atom. The average Bonchev–Trinajstić information content (AvgIpc) is 2.97. The second kappa shape index (κ2) is 7.06. The molecule has 1 N–H and O–H groups in total. The molecule has 2 heterocycles. The van der Waals surface area contributed by atoms with Crippen LogP contribution in [-0.2, 0) is 29.9 Å². The Morgan fingerprint density at radius 1 is 1.21 bits per heavy atom. The topological polar surface area (TPSA) is 29.1 Å². The second-order valence-electron chi connectivity index (χ2n) is 6.16. The van der Waals surface area contributed by atoms with E-state index in [1.807, 2.05) is 35.6 Å². The third kappa shape index (κ3) is 3.35. The number of nitrogens with one attached hydrogen (secondary N) is 1. The molecular weight excluding hydrogens is 402 g/mol. The molecule has 124 valence electrons. The van der Waals surface area contributed by atoms with E-state index in [0.29, 0.717) is 6.54 Å². The number of thioether (sulfide) groups is 1. The van der Waals surface area contributed by atoms with E-state index in [1.54, 1.807) is 22.2 Å². The zero-order valence-electron chi connectivity index (χ0n) is 13.2. The van der Waals surface area contributed by atoms with E-state index in [9.17, 15) is 4.79 Å². The minimum absolute atomic E-state index is 0.0389. The first-order valence-electron chi connectivity index (χ1n) is 8.21. The third-order valence-electron chi connectivity index (χ3n) is 4.51. The Morgan fingerprint density at radius 3 is 2.96 bits per heavy atom. The first kappa shape index (κ1) is 16.4. The number of aryl methyl sites for hydroxylation is 1. The number of benzene rings is 1. The Hall–Kier alpha value is -1.04. The van der Waals surface area contributed by atoms with E-state index in [0.717, 1.165) is 20.7 Å². The SMILES string of the molecule is O=C(NCc1cccc(Br)c1)C1=Cc2sc3c(c2CS1)CCCC3. The minimum atomic E-state index is 0.0389. The molecule has 1 amide bonds. The van der Waals surface area contributed by atoms with Gasteiger partial charge in [0.25, 0.3) is 5.91 Å². The summed E-state index contributed by atoms with van der Waals surface area (Å²) in [5.74, 6) is 0.981. The number of amides is 1. The molecule has 4 rings (SSSR count). The molecule has 24 heavy (non-hydrogen) atoms. The van der Waals surface area contributed by atoms with Crippen LogP contribution in [0.1, 0.15) is 39.3 Å². The van der Waals surface area contributed by atoms with Gasteiger partial charge in [-0.2, -0.15) is 0 Å². The van der Waals surface area contributed by atoms with Crippen molar-refractivity contribution in [1.82, 2.24) is 5.32 Å². The summed E-state index contributed by atoms with van der Waals surface area (Å²) in [6.45, 7) is 0.559. The molecule has 0 saturated carbocycles. The van der Waals surface area contributed by atoms with Crippen LogP contribution in [0.3, 0.4) is 0 Å². The van der Waals surface area contributed by atoms with Crippen molar-refractivity contribution in [2.75, 3.05) is 0 Å². The summed E-state index contributed by atoms with van der Waals surface area (Å²) in [4.78, 5) is 16.2. The normalized spacial score (nSPS) is 16.1. The standard InChI is InChI=1S/C19H18BrNOS2/c20-13-5-3-4-12(8-13)10-21-19(22)18-9-17-15(11-23-18)14-6-1-2-7-16(14)24-17/h3-5,8-9H,1-2,6-7,10-11H2,(H,21,22). The monoisotopic (exact) mass is 419 g/mol. The van der Waals surface area contributed by atoms with Crippen molar-refractivity contribution < 1.29 is 4.79 Å². The van der Waals surface area contributed by atoms with Crippen LogP contribution in [0.15, 0.2) is 33.6 Å². The average molecular weight is 420 g/mol. The molecule has 0 spiro atoms. The Bertz CT molecular complexity index is 825. The van der Waals surface area contributed by atoms with Crippen LogP contribution in [0.2, 0.25) is 0 Å². The molecule has 2 nitrogen and oxygen atoms in total. The summed E-state index contributed by atoms with van der Waals surface area (Å²) in [5.41, 5.74) is 4.17. The van der Waals surface area contributed by atoms with Crippen molar-refractivity contribution >= 4 is 51.0 Å². The molecule has 0 atom stereocenters. The van der Waals surface area contributed by atoms with E-state index < -0.39 is 0 Å². The van der Waals surface area contributed by atoms with Crippen LogP contribution >= 0.6 is 39.0 Å². The number of carbonyl (C=O) groups is 1. The number of carbonyl (C=O) groups excluding carboxylic acids is 1. The number of thiophene rings is 1. The van der Waals surface area contributed by atoms with E-state index >= 15 is 0 Å². The quantitative estimate of drug-likeness (QED) is 0.731. The van der Waals surface area contributed by atoms with Crippen LogP contribution < -0.4 is 5.32 Å². The van der Waals surface area contributed by atoms with Crippen LogP contribution in [-0.4, -0.2) is 5.91 Å². The van der Waals surface area contributed by atoms with Gasteiger partial charge in [-0.15, -0.1) is 23.1 Å². The fraction of sp³-hybridized carbons (Fsp3) is 0.316. The number of halogens is 1. The molecule has 0 radical (unpaired) electrons. The van der Waals surface area contributed by atoms with E-state index in [1.165, 1.54) is 36.1 Å².